The van der Waals surface area contributed by atoms with Crippen LogP contribution in [0.5, 0.6) is 0 Å². The van der Waals surface area contributed by atoms with E-state index in [1.165, 1.54) is 6.92 Å². The molecule has 1 unspecified atom stereocenters. The summed E-state index contributed by atoms with van der Waals surface area (Å²) in [4.78, 5) is 28.4. The summed E-state index contributed by atoms with van der Waals surface area (Å²) in [6, 6.07) is 0. The summed E-state index contributed by atoms with van der Waals surface area (Å²) in [7, 11) is 0. The molecule has 0 saturated carbocycles. The molecule has 1 aromatic heterocycles. The van der Waals surface area contributed by atoms with Crippen LogP contribution in [0, 0.1) is 13.8 Å². The number of H-pyrrole nitrogens is 1. The lowest BCUT2D eigenvalue weighted by atomic mass is 10.0. The number of aromatic nitrogens is 1. The van der Waals surface area contributed by atoms with Crippen molar-refractivity contribution in [2.75, 3.05) is 13.1 Å². The molecule has 0 spiro atoms. The monoisotopic (exact) mass is 362 g/mol. The lowest BCUT2D eigenvalue weighted by Crippen LogP contribution is -2.48. The molecule has 1 aliphatic rings. The number of carbonyl (C=O) groups is 2. The van der Waals surface area contributed by atoms with E-state index in [0.717, 1.165) is 4.90 Å². The van der Waals surface area contributed by atoms with Crippen LogP contribution in [0.3, 0.4) is 0 Å². The maximum atomic E-state index is 12.9. The number of nitrogens with zero attached hydrogens (tertiary/aromatic N) is 1. The van der Waals surface area contributed by atoms with Crippen LogP contribution in [0.4, 0.5) is 13.2 Å². The van der Waals surface area contributed by atoms with Crippen LogP contribution >= 0.6 is 0 Å². The van der Waals surface area contributed by atoms with Gasteiger partial charge in [-0.1, -0.05) is 0 Å². The van der Waals surface area contributed by atoms with Gasteiger partial charge in [0.25, 0.3) is 5.91 Å². The van der Waals surface area contributed by atoms with E-state index in [9.17, 15) is 27.9 Å². The summed E-state index contributed by atoms with van der Waals surface area (Å²) in [5.41, 5.74) is -1.97. The number of halogens is 3. The Balaban J connectivity index is 2.26. The van der Waals surface area contributed by atoms with Crippen molar-refractivity contribution >= 4 is 11.9 Å². The van der Waals surface area contributed by atoms with Crippen LogP contribution in [0.15, 0.2) is 0 Å². The van der Waals surface area contributed by atoms with Crippen molar-refractivity contribution in [1.29, 1.82) is 0 Å². The maximum Gasteiger partial charge on any atom is 0.419 e. The largest absolute Gasteiger partial charge is 0.459 e. The third kappa shape index (κ3) is 3.51. The van der Waals surface area contributed by atoms with Crippen molar-refractivity contribution in [1.82, 2.24) is 9.88 Å². The normalized spacial score (nSPS) is 21.1. The number of β-amino-alcohol motifs (C(OH)–C–C–N with tert-alkyl or cyclic N) is 1. The van der Waals surface area contributed by atoms with Crippen molar-refractivity contribution in [3.63, 3.8) is 0 Å². The lowest BCUT2D eigenvalue weighted by Gasteiger charge is -2.25. The number of hydrogen-bond donors (Lipinski definition) is 2. The molecule has 0 radical (unpaired) electrons. The van der Waals surface area contributed by atoms with Crippen LogP contribution in [0.2, 0.25) is 0 Å². The van der Waals surface area contributed by atoms with Gasteiger partial charge in [-0.25, -0.2) is 4.79 Å². The van der Waals surface area contributed by atoms with Crippen molar-refractivity contribution in [2.45, 2.75) is 52.0 Å². The summed E-state index contributed by atoms with van der Waals surface area (Å²) in [6.07, 6.45) is -5.74. The minimum atomic E-state index is -4.81. The molecular formula is C16H21F3N2O4. The van der Waals surface area contributed by atoms with Crippen molar-refractivity contribution in [3.8, 4) is 0 Å². The van der Waals surface area contributed by atoms with E-state index >= 15 is 0 Å². The highest BCUT2D eigenvalue weighted by molar-refractivity contribution is 6.00. The van der Waals surface area contributed by atoms with Gasteiger partial charge in [-0.3, -0.25) is 4.79 Å². The number of aromatic amines is 1. The molecule has 2 N–H and O–H groups in total. The van der Waals surface area contributed by atoms with Crippen molar-refractivity contribution in [3.05, 3.63) is 22.5 Å². The molecule has 140 valence electrons. The zero-order chi connectivity index (χ0) is 19.2. The first-order valence-corrected chi connectivity index (χ1v) is 7.86. The number of esters is 1. The SMILES string of the molecule is Cc1[nH]c(C(=O)N2CCC(O)(C(F)(F)F)C2)c(C)c1C(=O)OC(C)C. The Kier molecular flexibility index (Phi) is 4.91. The van der Waals surface area contributed by atoms with Gasteiger partial charge in [-0.2, -0.15) is 13.2 Å². The third-order valence-corrected chi connectivity index (χ3v) is 4.26. The lowest BCUT2D eigenvalue weighted by molar-refractivity contribution is -0.253. The second-order valence-electron chi connectivity index (χ2n) is 6.59. The molecule has 1 aromatic rings. The van der Waals surface area contributed by atoms with Gasteiger partial charge in [0.05, 0.1) is 18.2 Å². The molecule has 0 bridgehead atoms. The summed E-state index contributed by atoms with van der Waals surface area (Å²) < 4.78 is 43.8. The number of amides is 1. The summed E-state index contributed by atoms with van der Waals surface area (Å²) >= 11 is 0. The second-order valence-corrected chi connectivity index (χ2v) is 6.59. The van der Waals surface area contributed by atoms with Crippen molar-refractivity contribution < 1.29 is 32.6 Å². The number of rotatable bonds is 3. The molecule has 1 saturated heterocycles. The van der Waals surface area contributed by atoms with E-state index in [-0.39, 0.29) is 23.9 Å². The van der Waals surface area contributed by atoms with Crippen LogP contribution in [0.1, 0.15) is 52.4 Å². The van der Waals surface area contributed by atoms with Crippen LogP contribution in [-0.4, -0.2) is 57.8 Å². The topological polar surface area (TPSA) is 82.6 Å². The van der Waals surface area contributed by atoms with Gasteiger partial charge in [0.15, 0.2) is 5.60 Å². The van der Waals surface area contributed by atoms with Gasteiger partial charge in [-0.15, -0.1) is 0 Å². The minimum absolute atomic E-state index is 0.0274. The Morgan fingerprint density at radius 3 is 2.40 bits per heavy atom. The van der Waals surface area contributed by atoms with Crippen LogP contribution < -0.4 is 0 Å². The van der Waals surface area contributed by atoms with E-state index < -0.39 is 36.6 Å². The second kappa shape index (κ2) is 6.36. The Hall–Kier alpha value is -2.03. The molecule has 2 heterocycles. The van der Waals surface area contributed by atoms with Crippen molar-refractivity contribution in [2.24, 2.45) is 0 Å². The fraction of sp³-hybridized carbons (Fsp3) is 0.625. The third-order valence-electron chi connectivity index (χ3n) is 4.26. The average Bonchev–Trinajstić information content (AvgIpc) is 2.99. The number of carbonyl (C=O) groups excluding carboxylic acids is 2. The predicted molar refractivity (Wildman–Crippen MR) is 82.3 cm³/mol. The van der Waals surface area contributed by atoms with Gasteiger partial charge in [0, 0.05) is 18.7 Å². The molecule has 2 rings (SSSR count). The van der Waals surface area contributed by atoms with E-state index in [2.05, 4.69) is 4.98 Å². The Morgan fingerprint density at radius 1 is 1.32 bits per heavy atom. The molecule has 1 atom stereocenters. The number of aryl methyl sites for hydroxylation is 1. The summed E-state index contributed by atoms with van der Waals surface area (Å²) in [5.74, 6) is -1.29. The Morgan fingerprint density at radius 2 is 1.92 bits per heavy atom. The predicted octanol–water partition coefficient (Wildman–Crippen LogP) is 2.34. The maximum absolute atomic E-state index is 12.9. The van der Waals surface area contributed by atoms with Gasteiger partial charge in [0.1, 0.15) is 5.69 Å². The van der Waals surface area contributed by atoms with Gasteiger partial charge < -0.3 is 19.7 Å². The summed E-state index contributed by atoms with van der Waals surface area (Å²) in [6.45, 7) is 5.42. The fourth-order valence-corrected chi connectivity index (χ4v) is 2.90. The molecule has 1 fully saturated rings. The number of hydrogen-bond acceptors (Lipinski definition) is 4. The number of nitrogens with one attached hydrogen (secondary N) is 1. The first-order chi connectivity index (χ1) is 11.4. The molecule has 1 amide bonds. The Bertz CT molecular complexity index is 696. The molecule has 9 heteroatoms. The number of alkyl halides is 3. The number of likely N-dealkylation sites (tertiary alicyclic amines) is 1. The summed E-state index contributed by atoms with van der Waals surface area (Å²) in [5, 5.41) is 9.71. The zero-order valence-electron chi connectivity index (χ0n) is 14.5. The number of aliphatic hydroxyl groups is 1. The highest BCUT2D eigenvalue weighted by atomic mass is 19.4. The smallest absolute Gasteiger partial charge is 0.419 e. The molecule has 1 aliphatic heterocycles. The van der Waals surface area contributed by atoms with E-state index in [1.54, 1.807) is 20.8 Å². The Labute approximate surface area is 143 Å². The standard InChI is InChI=1S/C16H21F3N2O4/c1-8(2)25-14(23)11-9(3)12(20-10(11)4)13(22)21-6-5-15(24,7-21)16(17,18)19/h8,20,24H,5-7H2,1-4H3. The minimum Gasteiger partial charge on any atom is -0.459 e. The zero-order valence-corrected chi connectivity index (χ0v) is 14.5. The van der Waals surface area contributed by atoms with Crippen LogP contribution in [-0.2, 0) is 4.74 Å². The molecule has 6 nitrogen and oxygen atoms in total. The fourth-order valence-electron chi connectivity index (χ4n) is 2.90. The number of ether oxygens (including phenoxy) is 1. The van der Waals surface area contributed by atoms with Gasteiger partial charge in [-0.05, 0) is 33.3 Å². The highest BCUT2D eigenvalue weighted by Crippen LogP contribution is 2.38. The molecule has 0 aliphatic carbocycles. The van der Waals surface area contributed by atoms with Gasteiger partial charge >= 0.3 is 12.1 Å². The van der Waals surface area contributed by atoms with E-state index in [4.69, 9.17) is 4.74 Å². The van der Waals surface area contributed by atoms with Gasteiger partial charge in [0.2, 0.25) is 0 Å². The molecule has 25 heavy (non-hydrogen) atoms. The van der Waals surface area contributed by atoms with E-state index in [1.807, 2.05) is 0 Å². The average molecular weight is 362 g/mol. The molecule has 0 aromatic carbocycles. The van der Waals surface area contributed by atoms with E-state index in [0.29, 0.717) is 11.3 Å². The molecular weight excluding hydrogens is 341 g/mol. The highest BCUT2D eigenvalue weighted by Gasteiger charge is 2.58. The first kappa shape index (κ1) is 19.3. The quantitative estimate of drug-likeness (QED) is 0.809. The first-order valence-electron chi connectivity index (χ1n) is 7.86. The van der Waals surface area contributed by atoms with Crippen LogP contribution in [0.25, 0.3) is 0 Å².